The summed E-state index contributed by atoms with van der Waals surface area (Å²) in [6.07, 6.45) is 0. The molecule has 0 saturated carbocycles. The molecule has 0 saturated heterocycles. The van der Waals surface area contributed by atoms with Crippen molar-refractivity contribution in [1.82, 2.24) is 9.97 Å². The fourth-order valence-corrected chi connectivity index (χ4v) is 8.23. The van der Waals surface area contributed by atoms with Crippen LogP contribution in [-0.2, 0) is 0 Å². The molecule has 268 valence electrons. The molecule has 0 atom stereocenters. The second kappa shape index (κ2) is 13.0. The monoisotopic (exact) mass is 731 g/mol. The quantitative estimate of drug-likeness (QED) is 0.126. The zero-order chi connectivity index (χ0) is 38.0. The summed E-state index contributed by atoms with van der Waals surface area (Å²) in [5.74, 6) is 0.595. The molecule has 11 rings (SSSR count). The van der Waals surface area contributed by atoms with Crippen molar-refractivity contribution in [3.8, 4) is 22.6 Å². The Bertz CT molecular complexity index is 3440. The standard InChI is InChI=1S/C52H33N3O2/c1-31(36-15-7-10-23-45(36)53-32(2)44-30-35-14-3-4-16-37(35)38-17-5-6-18-39(38)44)33-26-28-34(29-27-33)52-54-48-42-20-9-12-25-47(42)57-51(48)49(55-52)43-22-13-21-41-40-19-8-11-24-46(40)56-50(41)43/h3-30H,1H2,2H3. The van der Waals surface area contributed by atoms with Crippen LogP contribution in [0, 0.1) is 0 Å². The second-order valence-electron chi connectivity index (χ2n) is 14.4. The lowest BCUT2D eigenvalue weighted by Crippen LogP contribution is -1.98. The van der Waals surface area contributed by atoms with E-state index in [1.54, 1.807) is 0 Å². The Morgan fingerprint density at radius 2 is 1.16 bits per heavy atom. The van der Waals surface area contributed by atoms with Crippen molar-refractivity contribution in [2.75, 3.05) is 0 Å². The number of benzene rings is 8. The summed E-state index contributed by atoms with van der Waals surface area (Å²) in [6, 6.07) is 58.1. The fourth-order valence-electron chi connectivity index (χ4n) is 8.23. The summed E-state index contributed by atoms with van der Waals surface area (Å²) in [5, 5.41) is 7.87. The molecular formula is C52H33N3O2. The molecule has 0 N–H and O–H groups in total. The molecule has 0 aliphatic heterocycles. The van der Waals surface area contributed by atoms with Crippen molar-refractivity contribution in [2.45, 2.75) is 6.92 Å². The van der Waals surface area contributed by atoms with Crippen LogP contribution in [0.2, 0.25) is 0 Å². The minimum atomic E-state index is 0.595. The van der Waals surface area contributed by atoms with Crippen LogP contribution in [0.3, 0.4) is 0 Å². The Morgan fingerprint density at radius 1 is 0.526 bits per heavy atom. The van der Waals surface area contributed by atoms with Gasteiger partial charge in [0.05, 0.1) is 5.69 Å². The van der Waals surface area contributed by atoms with E-state index >= 15 is 0 Å². The maximum absolute atomic E-state index is 6.47. The Balaban J connectivity index is 0.989. The number of furan rings is 2. The van der Waals surface area contributed by atoms with Crippen LogP contribution in [0.25, 0.3) is 93.8 Å². The molecule has 3 heterocycles. The van der Waals surface area contributed by atoms with E-state index in [-0.39, 0.29) is 0 Å². The number of aromatic nitrogens is 2. The lowest BCUT2D eigenvalue weighted by Gasteiger charge is -2.13. The Hall–Kier alpha value is -7.63. The van der Waals surface area contributed by atoms with Crippen molar-refractivity contribution >= 4 is 82.5 Å². The van der Waals surface area contributed by atoms with Crippen LogP contribution in [0.1, 0.15) is 23.6 Å². The third kappa shape index (κ3) is 5.35. The van der Waals surface area contributed by atoms with E-state index in [0.29, 0.717) is 17.1 Å². The van der Waals surface area contributed by atoms with Gasteiger partial charge in [-0.25, -0.2) is 9.97 Å². The lowest BCUT2D eigenvalue weighted by molar-refractivity contribution is 0.663. The summed E-state index contributed by atoms with van der Waals surface area (Å²) in [6.45, 7) is 6.67. The van der Waals surface area contributed by atoms with Crippen molar-refractivity contribution in [3.63, 3.8) is 0 Å². The van der Waals surface area contributed by atoms with Gasteiger partial charge in [0, 0.05) is 44.1 Å². The van der Waals surface area contributed by atoms with Crippen LogP contribution >= 0.6 is 0 Å². The van der Waals surface area contributed by atoms with Crippen molar-refractivity contribution in [2.24, 2.45) is 4.99 Å². The van der Waals surface area contributed by atoms with Gasteiger partial charge in [-0.2, -0.15) is 0 Å². The van der Waals surface area contributed by atoms with Gasteiger partial charge in [0.2, 0.25) is 0 Å². The van der Waals surface area contributed by atoms with E-state index in [2.05, 4.69) is 117 Å². The van der Waals surface area contributed by atoms with Gasteiger partial charge in [0.15, 0.2) is 11.4 Å². The number of para-hydroxylation sites is 4. The van der Waals surface area contributed by atoms with Gasteiger partial charge in [-0.15, -0.1) is 0 Å². The molecule has 57 heavy (non-hydrogen) atoms. The van der Waals surface area contributed by atoms with Crippen molar-refractivity contribution in [3.05, 3.63) is 193 Å². The summed E-state index contributed by atoms with van der Waals surface area (Å²) in [7, 11) is 0. The normalized spacial score (nSPS) is 12.1. The minimum absolute atomic E-state index is 0.595. The number of nitrogens with zero attached hydrogens (tertiary/aromatic N) is 3. The maximum Gasteiger partial charge on any atom is 0.180 e. The first-order chi connectivity index (χ1) is 28.1. The number of hydrogen-bond donors (Lipinski definition) is 0. The first-order valence-electron chi connectivity index (χ1n) is 19.0. The Labute approximate surface area is 327 Å². The molecule has 0 aliphatic carbocycles. The molecule has 0 fully saturated rings. The number of aliphatic imine (C=N–C) groups is 1. The lowest BCUT2D eigenvalue weighted by atomic mass is 9.94. The smallest absolute Gasteiger partial charge is 0.180 e. The highest BCUT2D eigenvalue weighted by Crippen LogP contribution is 2.41. The maximum atomic E-state index is 6.47. The van der Waals surface area contributed by atoms with Gasteiger partial charge in [-0.1, -0.05) is 140 Å². The van der Waals surface area contributed by atoms with Crippen LogP contribution in [0.15, 0.2) is 190 Å². The zero-order valence-corrected chi connectivity index (χ0v) is 31.0. The predicted octanol–water partition coefficient (Wildman–Crippen LogP) is 14.1. The molecule has 0 spiro atoms. The molecule has 3 aromatic heterocycles. The highest BCUT2D eigenvalue weighted by atomic mass is 16.3. The molecule has 5 nitrogen and oxygen atoms in total. The summed E-state index contributed by atoms with van der Waals surface area (Å²) in [5.41, 5.74) is 11.9. The molecule has 5 heteroatoms. The predicted molar refractivity (Wildman–Crippen MR) is 235 cm³/mol. The average molecular weight is 732 g/mol. The van der Waals surface area contributed by atoms with Crippen LogP contribution in [0.4, 0.5) is 5.69 Å². The van der Waals surface area contributed by atoms with E-state index in [0.717, 1.165) is 83.2 Å². The van der Waals surface area contributed by atoms with Gasteiger partial charge in [-0.3, -0.25) is 4.99 Å². The summed E-state index contributed by atoms with van der Waals surface area (Å²) < 4.78 is 12.9. The van der Waals surface area contributed by atoms with Crippen molar-refractivity contribution in [1.29, 1.82) is 0 Å². The van der Waals surface area contributed by atoms with Gasteiger partial charge in [0.25, 0.3) is 0 Å². The third-order valence-corrected chi connectivity index (χ3v) is 11.0. The molecule has 11 aromatic rings. The molecule has 8 aromatic carbocycles. The molecule has 0 unspecified atom stereocenters. The first kappa shape index (κ1) is 32.8. The summed E-state index contributed by atoms with van der Waals surface area (Å²) in [4.78, 5) is 15.6. The largest absolute Gasteiger partial charge is 0.455 e. The molecular weight excluding hydrogens is 699 g/mol. The Kier molecular flexibility index (Phi) is 7.47. The number of fused-ring (bicyclic) bond motifs is 9. The van der Waals surface area contributed by atoms with E-state index in [1.807, 2.05) is 66.7 Å². The SMILES string of the molecule is C=C(c1ccc(-c2nc(-c3cccc4c3oc3ccccc34)c3oc4ccccc4c3n2)cc1)c1ccccc1N=C(C)c1cc2ccccc2c2ccccc12. The zero-order valence-electron chi connectivity index (χ0n) is 31.0. The van der Waals surface area contributed by atoms with Gasteiger partial charge in [-0.05, 0) is 76.0 Å². The van der Waals surface area contributed by atoms with Gasteiger partial charge in [0.1, 0.15) is 28.0 Å². The Morgan fingerprint density at radius 3 is 1.98 bits per heavy atom. The first-order valence-corrected chi connectivity index (χ1v) is 19.0. The van der Waals surface area contributed by atoms with Crippen LogP contribution in [-0.4, -0.2) is 15.7 Å². The highest BCUT2D eigenvalue weighted by molar-refractivity contribution is 6.19. The van der Waals surface area contributed by atoms with E-state index in [4.69, 9.17) is 23.8 Å². The summed E-state index contributed by atoms with van der Waals surface area (Å²) >= 11 is 0. The number of hydrogen-bond acceptors (Lipinski definition) is 5. The molecule has 0 bridgehead atoms. The van der Waals surface area contributed by atoms with Crippen LogP contribution in [0.5, 0.6) is 0 Å². The molecule has 0 aliphatic rings. The highest BCUT2D eigenvalue weighted by Gasteiger charge is 2.22. The van der Waals surface area contributed by atoms with Gasteiger partial charge >= 0.3 is 0 Å². The third-order valence-electron chi connectivity index (χ3n) is 11.0. The van der Waals surface area contributed by atoms with Crippen LogP contribution < -0.4 is 0 Å². The average Bonchev–Trinajstić information content (AvgIpc) is 3.85. The van der Waals surface area contributed by atoms with E-state index in [1.165, 1.54) is 21.5 Å². The number of rotatable bonds is 6. The van der Waals surface area contributed by atoms with E-state index < -0.39 is 0 Å². The topological polar surface area (TPSA) is 64.4 Å². The fraction of sp³-hybridized carbons (Fsp3) is 0.0192. The van der Waals surface area contributed by atoms with E-state index in [9.17, 15) is 0 Å². The van der Waals surface area contributed by atoms with Crippen molar-refractivity contribution < 1.29 is 8.83 Å². The molecule has 0 radical (unpaired) electrons. The second-order valence-corrected chi connectivity index (χ2v) is 14.4. The van der Waals surface area contributed by atoms with Gasteiger partial charge < -0.3 is 8.83 Å². The molecule has 0 amide bonds. The minimum Gasteiger partial charge on any atom is -0.455 e.